The van der Waals surface area contributed by atoms with E-state index in [0.29, 0.717) is 18.2 Å². The van der Waals surface area contributed by atoms with E-state index in [4.69, 9.17) is 5.73 Å². The molecule has 8 heteroatoms. The molecule has 0 saturated heterocycles. The molecule has 1 atom stereocenters. The lowest BCUT2D eigenvalue weighted by atomic mass is 10.2. The predicted octanol–water partition coefficient (Wildman–Crippen LogP) is -0.220. The summed E-state index contributed by atoms with van der Waals surface area (Å²) >= 11 is 0. The molecule has 1 aromatic rings. The highest BCUT2D eigenvalue weighted by atomic mass is 16.2. The second-order valence-corrected chi connectivity index (χ2v) is 4.78. The van der Waals surface area contributed by atoms with E-state index in [1.54, 1.807) is 13.1 Å². The Morgan fingerprint density at radius 1 is 1.42 bits per heavy atom. The van der Waals surface area contributed by atoms with Crippen LogP contribution in [0.15, 0.2) is 6.20 Å². The lowest BCUT2D eigenvalue weighted by Gasteiger charge is -2.08. The average Bonchev–Trinajstić information content (AvgIpc) is 2.74. The number of rotatable bonds is 5. The fourth-order valence-electron chi connectivity index (χ4n) is 1.25. The first kappa shape index (κ1) is 15.1. The highest BCUT2D eigenvalue weighted by molar-refractivity contribution is 5.94. The summed E-state index contributed by atoms with van der Waals surface area (Å²) in [7, 11) is 0. The third kappa shape index (κ3) is 5.47. The second kappa shape index (κ2) is 6.83. The van der Waals surface area contributed by atoms with E-state index in [-0.39, 0.29) is 12.6 Å². The third-order valence-electron chi connectivity index (χ3n) is 2.25. The zero-order valence-electron chi connectivity index (χ0n) is 11.4. The maximum absolute atomic E-state index is 11.6. The van der Waals surface area contributed by atoms with Crippen LogP contribution in [0.1, 0.15) is 32.5 Å². The Hall–Kier alpha value is -1.96. The Bertz CT molecular complexity index is 440. The number of aromatic nitrogens is 3. The predicted molar refractivity (Wildman–Crippen MR) is 69.0 cm³/mol. The summed E-state index contributed by atoms with van der Waals surface area (Å²) in [4.78, 5) is 22.9. The van der Waals surface area contributed by atoms with Crippen LogP contribution in [0, 0.1) is 5.92 Å². The van der Waals surface area contributed by atoms with Crippen LogP contribution in [0.25, 0.3) is 0 Å². The molecule has 4 N–H and O–H groups in total. The van der Waals surface area contributed by atoms with Gasteiger partial charge in [-0.05, 0) is 12.8 Å². The van der Waals surface area contributed by atoms with Crippen molar-refractivity contribution in [2.75, 3.05) is 6.54 Å². The van der Waals surface area contributed by atoms with Crippen LogP contribution >= 0.6 is 0 Å². The highest BCUT2D eigenvalue weighted by Crippen LogP contribution is 2.02. The smallest absolute Gasteiger partial charge is 0.321 e. The van der Waals surface area contributed by atoms with Gasteiger partial charge in [0.15, 0.2) is 0 Å². The number of hydrogen-bond acceptors (Lipinski definition) is 5. The van der Waals surface area contributed by atoms with Gasteiger partial charge in [-0.25, -0.2) is 9.48 Å². The molecule has 8 nitrogen and oxygen atoms in total. The van der Waals surface area contributed by atoms with Gasteiger partial charge in [0.25, 0.3) is 0 Å². The van der Waals surface area contributed by atoms with Gasteiger partial charge < -0.3 is 11.1 Å². The number of nitrogens with two attached hydrogens (primary N) is 1. The van der Waals surface area contributed by atoms with Gasteiger partial charge in [-0.1, -0.05) is 19.1 Å². The summed E-state index contributed by atoms with van der Waals surface area (Å²) in [5.74, 6) is -0.132. The minimum atomic E-state index is -0.508. The Kier molecular flexibility index (Phi) is 5.43. The van der Waals surface area contributed by atoms with Crippen LogP contribution < -0.4 is 16.4 Å². The van der Waals surface area contributed by atoms with E-state index in [0.717, 1.165) is 0 Å². The van der Waals surface area contributed by atoms with E-state index in [9.17, 15) is 9.59 Å². The standard InChI is InChI=1S/C11H20N6O2/c1-7(2)4-13-11(19)14-10(18)6-17-5-9(8(3)12)15-16-17/h5,7-8H,4,6,12H2,1-3H3,(H2,13,14,18,19). The van der Waals surface area contributed by atoms with E-state index >= 15 is 0 Å². The maximum atomic E-state index is 11.6. The first-order chi connectivity index (χ1) is 8.88. The molecule has 0 aromatic carbocycles. The summed E-state index contributed by atoms with van der Waals surface area (Å²) in [6, 6.07) is -0.752. The van der Waals surface area contributed by atoms with Crippen molar-refractivity contribution in [2.45, 2.75) is 33.4 Å². The molecule has 0 spiro atoms. The molecular weight excluding hydrogens is 248 g/mol. The van der Waals surface area contributed by atoms with Crippen LogP contribution in [0.2, 0.25) is 0 Å². The molecule has 0 bridgehead atoms. The van der Waals surface area contributed by atoms with Crippen LogP contribution in [0.4, 0.5) is 4.79 Å². The molecule has 0 aliphatic carbocycles. The normalized spacial score (nSPS) is 12.3. The Balaban J connectivity index is 2.40. The van der Waals surface area contributed by atoms with E-state index in [2.05, 4.69) is 20.9 Å². The van der Waals surface area contributed by atoms with Crippen LogP contribution in [0.3, 0.4) is 0 Å². The van der Waals surface area contributed by atoms with Gasteiger partial charge in [0, 0.05) is 12.6 Å². The van der Waals surface area contributed by atoms with Crippen molar-refractivity contribution in [3.05, 3.63) is 11.9 Å². The molecule has 1 rings (SSSR count). The van der Waals surface area contributed by atoms with Gasteiger partial charge in [0.2, 0.25) is 5.91 Å². The number of amides is 3. The second-order valence-electron chi connectivity index (χ2n) is 4.78. The largest absolute Gasteiger partial charge is 0.338 e. The summed E-state index contributed by atoms with van der Waals surface area (Å²) in [5.41, 5.74) is 6.22. The molecule has 0 fully saturated rings. The molecule has 0 aliphatic heterocycles. The molecule has 1 heterocycles. The number of imide groups is 1. The molecule has 0 aliphatic rings. The van der Waals surface area contributed by atoms with Gasteiger partial charge >= 0.3 is 6.03 Å². The van der Waals surface area contributed by atoms with E-state index in [1.165, 1.54) is 4.68 Å². The summed E-state index contributed by atoms with van der Waals surface area (Å²) in [6.07, 6.45) is 1.58. The minimum absolute atomic E-state index is 0.0746. The van der Waals surface area contributed by atoms with Gasteiger partial charge in [-0.15, -0.1) is 5.10 Å². The zero-order chi connectivity index (χ0) is 14.4. The van der Waals surface area contributed by atoms with Crippen molar-refractivity contribution in [1.29, 1.82) is 0 Å². The van der Waals surface area contributed by atoms with Crippen molar-refractivity contribution >= 4 is 11.9 Å². The average molecular weight is 268 g/mol. The zero-order valence-corrected chi connectivity index (χ0v) is 11.4. The lowest BCUT2D eigenvalue weighted by molar-refractivity contribution is -0.120. The van der Waals surface area contributed by atoms with Crippen molar-refractivity contribution < 1.29 is 9.59 Å². The number of nitrogens with one attached hydrogen (secondary N) is 2. The minimum Gasteiger partial charge on any atom is -0.338 e. The first-order valence-electron chi connectivity index (χ1n) is 6.11. The van der Waals surface area contributed by atoms with Crippen LogP contribution in [0.5, 0.6) is 0 Å². The molecule has 3 amide bonds. The summed E-state index contributed by atoms with van der Waals surface area (Å²) in [5, 5.41) is 12.4. The Morgan fingerprint density at radius 2 is 2.11 bits per heavy atom. The SMILES string of the molecule is CC(C)CNC(=O)NC(=O)Cn1cc(C(C)N)nn1. The van der Waals surface area contributed by atoms with E-state index < -0.39 is 11.9 Å². The number of urea groups is 1. The maximum Gasteiger partial charge on any atom is 0.321 e. The Labute approximate surface area is 111 Å². The number of nitrogens with zero attached hydrogens (tertiary/aromatic N) is 3. The number of carbonyl (C=O) groups excluding carboxylic acids is 2. The van der Waals surface area contributed by atoms with Gasteiger partial charge in [0.1, 0.15) is 6.54 Å². The summed E-state index contributed by atoms with van der Waals surface area (Å²) in [6.45, 7) is 6.14. The topological polar surface area (TPSA) is 115 Å². The molecule has 0 saturated carbocycles. The fraction of sp³-hybridized carbons (Fsp3) is 0.636. The lowest BCUT2D eigenvalue weighted by Crippen LogP contribution is -2.42. The molecule has 1 unspecified atom stereocenters. The quantitative estimate of drug-likeness (QED) is 0.683. The van der Waals surface area contributed by atoms with Gasteiger partial charge in [-0.2, -0.15) is 0 Å². The molecule has 19 heavy (non-hydrogen) atoms. The van der Waals surface area contributed by atoms with Crippen molar-refractivity contribution in [2.24, 2.45) is 11.7 Å². The van der Waals surface area contributed by atoms with Crippen LogP contribution in [-0.2, 0) is 11.3 Å². The molecule has 106 valence electrons. The fourth-order valence-corrected chi connectivity index (χ4v) is 1.25. The van der Waals surface area contributed by atoms with Crippen molar-refractivity contribution in [3.8, 4) is 0 Å². The first-order valence-corrected chi connectivity index (χ1v) is 6.11. The molecule has 0 radical (unpaired) electrons. The van der Waals surface area contributed by atoms with E-state index in [1.807, 2.05) is 13.8 Å². The summed E-state index contributed by atoms with van der Waals surface area (Å²) < 4.78 is 1.34. The van der Waals surface area contributed by atoms with Crippen LogP contribution in [-0.4, -0.2) is 33.5 Å². The highest BCUT2D eigenvalue weighted by Gasteiger charge is 2.11. The number of carbonyl (C=O) groups is 2. The molecular formula is C11H20N6O2. The van der Waals surface area contributed by atoms with Crippen molar-refractivity contribution in [3.63, 3.8) is 0 Å². The van der Waals surface area contributed by atoms with Crippen molar-refractivity contribution in [1.82, 2.24) is 25.6 Å². The number of hydrogen-bond donors (Lipinski definition) is 3. The Morgan fingerprint density at radius 3 is 2.63 bits per heavy atom. The third-order valence-corrected chi connectivity index (χ3v) is 2.25. The monoisotopic (exact) mass is 268 g/mol. The molecule has 1 aromatic heterocycles. The van der Waals surface area contributed by atoms with Gasteiger partial charge in [-0.3, -0.25) is 10.1 Å². The van der Waals surface area contributed by atoms with Gasteiger partial charge in [0.05, 0.1) is 11.9 Å².